The first kappa shape index (κ1) is 18.9. The number of likely N-dealkylation sites (tertiary alicyclic amines) is 1. The van der Waals surface area contributed by atoms with Crippen LogP contribution in [0.25, 0.3) is 0 Å². The molecule has 134 valence electrons. The lowest BCUT2D eigenvalue weighted by atomic mass is 9.81. The first-order valence-corrected chi connectivity index (χ1v) is 9.87. The van der Waals surface area contributed by atoms with Gasteiger partial charge in [0.2, 0.25) is 0 Å². The van der Waals surface area contributed by atoms with Crippen molar-refractivity contribution in [3.05, 3.63) is 0 Å². The first-order chi connectivity index (χ1) is 11.1. The Morgan fingerprint density at radius 3 is 2.70 bits per heavy atom. The lowest BCUT2D eigenvalue weighted by Gasteiger charge is -2.35. The Balaban J connectivity index is 2.08. The summed E-state index contributed by atoms with van der Waals surface area (Å²) in [5, 5.41) is 0. The number of ketones is 1. The molecule has 2 rings (SSSR count). The van der Waals surface area contributed by atoms with Crippen LogP contribution in [0.15, 0.2) is 0 Å². The van der Waals surface area contributed by atoms with Crippen LogP contribution in [0.2, 0.25) is 0 Å². The van der Waals surface area contributed by atoms with Gasteiger partial charge in [0.25, 0.3) is 0 Å². The molecule has 0 aromatic heterocycles. The van der Waals surface area contributed by atoms with Crippen molar-refractivity contribution in [2.45, 2.75) is 84.2 Å². The van der Waals surface area contributed by atoms with Gasteiger partial charge in [0.1, 0.15) is 0 Å². The van der Waals surface area contributed by atoms with Crippen molar-refractivity contribution < 1.29 is 9.53 Å². The largest absolute Gasteiger partial charge is 0.383 e. The Bertz CT molecular complexity index is 369. The van der Waals surface area contributed by atoms with Crippen LogP contribution >= 0.6 is 0 Å². The number of nitrogens with zero attached hydrogens (tertiary/aromatic N) is 1. The Hall–Kier alpha value is -0.410. The second-order valence-electron chi connectivity index (χ2n) is 8.03. The minimum Gasteiger partial charge on any atom is -0.383 e. The highest BCUT2D eigenvalue weighted by molar-refractivity contribution is 5.87. The van der Waals surface area contributed by atoms with Crippen molar-refractivity contribution in [3.63, 3.8) is 0 Å². The molecule has 4 atom stereocenters. The van der Waals surface area contributed by atoms with E-state index in [1.165, 1.54) is 44.9 Å². The molecular weight excluding hydrogens is 286 g/mol. The fourth-order valence-electron chi connectivity index (χ4n) is 4.91. The minimum atomic E-state index is 0.173. The lowest BCUT2D eigenvalue weighted by Crippen LogP contribution is -2.47. The van der Waals surface area contributed by atoms with Gasteiger partial charge in [0.15, 0.2) is 5.78 Å². The van der Waals surface area contributed by atoms with E-state index in [2.05, 4.69) is 25.7 Å². The van der Waals surface area contributed by atoms with Gasteiger partial charge in [-0.05, 0) is 43.6 Å². The van der Waals surface area contributed by atoms with E-state index in [0.717, 1.165) is 19.6 Å². The molecule has 0 radical (unpaired) electrons. The van der Waals surface area contributed by atoms with E-state index in [-0.39, 0.29) is 6.04 Å². The van der Waals surface area contributed by atoms with Crippen LogP contribution in [0.1, 0.15) is 72.1 Å². The Morgan fingerprint density at radius 1 is 1.26 bits per heavy atom. The Morgan fingerprint density at radius 2 is 2.04 bits per heavy atom. The summed E-state index contributed by atoms with van der Waals surface area (Å²) in [6.45, 7) is 8.73. The molecule has 0 amide bonds. The highest BCUT2D eigenvalue weighted by atomic mass is 16.5. The zero-order valence-electron chi connectivity index (χ0n) is 15.7. The number of ether oxygens (including phenoxy) is 1. The van der Waals surface area contributed by atoms with Crippen molar-refractivity contribution in [1.29, 1.82) is 0 Å². The third kappa shape index (κ3) is 4.57. The number of rotatable bonds is 9. The van der Waals surface area contributed by atoms with E-state index in [4.69, 9.17) is 4.74 Å². The quantitative estimate of drug-likeness (QED) is 0.593. The number of hydrogen-bond donors (Lipinski definition) is 0. The molecule has 0 bridgehead atoms. The summed E-state index contributed by atoms with van der Waals surface area (Å²) in [6, 6.07) is 0.629. The minimum absolute atomic E-state index is 0.173. The molecule has 0 N–H and O–H groups in total. The van der Waals surface area contributed by atoms with Gasteiger partial charge in [-0.1, -0.05) is 46.5 Å². The molecule has 0 aromatic carbocycles. The third-order valence-electron chi connectivity index (χ3n) is 6.11. The van der Waals surface area contributed by atoms with Crippen LogP contribution in [0, 0.1) is 17.8 Å². The van der Waals surface area contributed by atoms with E-state index in [1.54, 1.807) is 7.11 Å². The number of carbonyl (C=O) groups excluding carboxylic acids is 1. The van der Waals surface area contributed by atoms with Gasteiger partial charge in [-0.25, -0.2) is 0 Å². The van der Waals surface area contributed by atoms with Gasteiger partial charge in [0, 0.05) is 19.6 Å². The van der Waals surface area contributed by atoms with E-state index in [1.807, 2.05) is 0 Å². The molecule has 2 aliphatic rings. The third-order valence-corrected chi connectivity index (χ3v) is 6.11. The molecule has 3 nitrogen and oxygen atoms in total. The highest BCUT2D eigenvalue weighted by Crippen LogP contribution is 2.42. The normalized spacial score (nSPS) is 32.3. The van der Waals surface area contributed by atoms with Crippen LogP contribution in [0.5, 0.6) is 0 Å². The fourth-order valence-corrected chi connectivity index (χ4v) is 4.91. The number of carbonyl (C=O) groups is 1. The summed E-state index contributed by atoms with van der Waals surface area (Å²) in [4.78, 5) is 15.4. The summed E-state index contributed by atoms with van der Waals surface area (Å²) < 4.78 is 5.42. The standard InChI is InChI=1S/C20H37NO2/c1-5-6-7-8-11-17-18(15(2)3)13-19(22)20(17)21-12-9-10-16(21)14-23-4/h15-18,20H,5-14H2,1-4H3/t16-,17-,18+,20-/m0/s1. The number of methoxy groups -OCH3 is 1. The Labute approximate surface area is 143 Å². The number of unbranched alkanes of at least 4 members (excludes halogenated alkanes) is 3. The molecule has 2 fully saturated rings. The maximum absolute atomic E-state index is 12.8. The zero-order valence-corrected chi connectivity index (χ0v) is 15.7. The summed E-state index contributed by atoms with van der Waals surface area (Å²) in [5.74, 6) is 2.27. The number of Topliss-reactive ketones (excluding diaryl/α,β-unsaturated/α-hetero) is 1. The smallest absolute Gasteiger partial charge is 0.150 e. The van der Waals surface area contributed by atoms with Gasteiger partial charge in [-0.2, -0.15) is 0 Å². The SMILES string of the molecule is CCCCCC[C@H]1[C@@H](C(C)C)CC(=O)[C@H]1N1CCC[C@H]1COC. The van der Waals surface area contributed by atoms with Crippen LogP contribution in [0.3, 0.4) is 0 Å². The van der Waals surface area contributed by atoms with Crippen molar-refractivity contribution in [2.24, 2.45) is 17.8 Å². The first-order valence-electron chi connectivity index (χ1n) is 9.87. The summed E-state index contributed by atoms with van der Waals surface area (Å²) >= 11 is 0. The van der Waals surface area contributed by atoms with Crippen LogP contribution < -0.4 is 0 Å². The average Bonchev–Trinajstić information content (AvgIpc) is 3.08. The Kier molecular flexibility index (Phi) is 7.55. The monoisotopic (exact) mass is 323 g/mol. The van der Waals surface area contributed by atoms with Gasteiger partial charge < -0.3 is 4.74 Å². The fraction of sp³-hybridized carbons (Fsp3) is 0.950. The average molecular weight is 324 g/mol. The number of hydrogen-bond acceptors (Lipinski definition) is 3. The van der Waals surface area contributed by atoms with Crippen LogP contribution in [0.4, 0.5) is 0 Å². The van der Waals surface area contributed by atoms with Crippen molar-refractivity contribution >= 4 is 5.78 Å². The predicted molar refractivity (Wildman–Crippen MR) is 95.6 cm³/mol. The predicted octanol–water partition coefficient (Wildman–Crippen LogP) is 4.30. The molecule has 0 spiro atoms. The van der Waals surface area contributed by atoms with Crippen molar-refractivity contribution in [2.75, 3.05) is 20.3 Å². The highest BCUT2D eigenvalue weighted by Gasteiger charge is 2.48. The summed E-state index contributed by atoms with van der Waals surface area (Å²) in [7, 11) is 1.78. The maximum Gasteiger partial charge on any atom is 0.150 e. The van der Waals surface area contributed by atoms with Gasteiger partial charge in [0.05, 0.1) is 12.6 Å². The van der Waals surface area contributed by atoms with Crippen LogP contribution in [-0.2, 0) is 9.53 Å². The van der Waals surface area contributed by atoms with Gasteiger partial charge in [-0.3, -0.25) is 9.69 Å². The van der Waals surface area contributed by atoms with Crippen LogP contribution in [-0.4, -0.2) is 43.0 Å². The zero-order chi connectivity index (χ0) is 16.8. The van der Waals surface area contributed by atoms with Gasteiger partial charge in [-0.15, -0.1) is 0 Å². The van der Waals surface area contributed by atoms with E-state index < -0.39 is 0 Å². The summed E-state index contributed by atoms with van der Waals surface area (Å²) in [6.07, 6.45) is 9.65. The second kappa shape index (κ2) is 9.17. The van der Waals surface area contributed by atoms with E-state index in [0.29, 0.717) is 29.6 Å². The van der Waals surface area contributed by atoms with Crippen molar-refractivity contribution in [3.8, 4) is 0 Å². The maximum atomic E-state index is 12.8. The molecule has 3 heteroatoms. The molecule has 1 saturated carbocycles. The topological polar surface area (TPSA) is 29.5 Å². The molecular formula is C20H37NO2. The molecule has 0 unspecified atom stereocenters. The molecule has 1 aliphatic carbocycles. The molecule has 23 heavy (non-hydrogen) atoms. The van der Waals surface area contributed by atoms with Gasteiger partial charge >= 0.3 is 0 Å². The molecule has 1 aliphatic heterocycles. The molecule has 1 heterocycles. The lowest BCUT2D eigenvalue weighted by molar-refractivity contribution is -0.123. The molecule has 1 saturated heterocycles. The molecule has 0 aromatic rings. The second-order valence-corrected chi connectivity index (χ2v) is 8.03. The summed E-state index contributed by atoms with van der Waals surface area (Å²) in [5.41, 5.74) is 0. The van der Waals surface area contributed by atoms with E-state index >= 15 is 0 Å². The van der Waals surface area contributed by atoms with Crippen molar-refractivity contribution in [1.82, 2.24) is 4.90 Å². The van der Waals surface area contributed by atoms with E-state index in [9.17, 15) is 4.79 Å².